The van der Waals surface area contributed by atoms with Gasteiger partial charge in [0, 0.05) is 29.0 Å². The Balaban J connectivity index is 1.38. The van der Waals surface area contributed by atoms with Gasteiger partial charge in [-0.1, -0.05) is 77.8 Å². The average molecular weight is 665 g/mol. The maximum atomic E-state index is 13.2. The van der Waals surface area contributed by atoms with Gasteiger partial charge in [0.15, 0.2) is 0 Å². The maximum Gasteiger partial charge on any atom is 0.416 e. The molecule has 0 aliphatic rings. The van der Waals surface area contributed by atoms with E-state index in [1.807, 2.05) is 47.2 Å². The molecule has 0 saturated heterocycles. The van der Waals surface area contributed by atoms with Crippen LogP contribution in [0.25, 0.3) is 34.5 Å². The van der Waals surface area contributed by atoms with Crippen molar-refractivity contribution in [3.05, 3.63) is 130 Å². The number of carbonyl (C=O) groups excluding carboxylic acids is 1. The summed E-state index contributed by atoms with van der Waals surface area (Å²) in [5, 5.41) is 14.5. The summed E-state index contributed by atoms with van der Waals surface area (Å²) in [7, 11) is 0. The lowest BCUT2D eigenvalue weighted by Crippen LogP contribution is -2.33. The number of urea groups is 1. The minimum Gasteiger partial charge on any atom is -0.480 e. The highest BCUT2D eigenvalue weighted by Crippen LogP contribution is 2.33. The molecule has 0 aliphatic carbocycles. The van der Waals surface area contributed by atoms with Gasteiger partial charge in [-0.15, -0.1) is 0 Å². The Morgan fingerprint density at radius 3 is 2.30 bits per heavy atom. The van der Waals surface area contributed by atoms with Crippen LogP contribution in [0.15, 0.2) is 97.2 Å². The fourth-order valence-electron chi connectivity index (χ4n) is 4.57. The fraction of sp³-hybridized carbons (Fsp3) is 0.0882. The van der Waals surface area contributed by atoms with Crippen molar-refractivity contribution in [2.24, 2.45) is 0 Å². The molecule has 0 radical (unpaired) electrons. The van der Waals surface area contributed by atoms with Crippen LogP contribution in [0.5, 0.6) is 0 Å². The summed E-state index contributed by atoms with van der Waals surface area (Å²) in [5.74, 6) is -0.541. The highest BCUT2D eigenvalue weighted by molar-refractivity contribution is 6.36. The number of rotatable bonds is 9. The number of carboxylic acid groups (broad SMARTS) is 1. The number of carbonyl (C=O) groups is 2. The van der Waals surface area contributed by atoms with Crippen LogP contribution in [0.1, 0.15) is 22.5 Å². The molecular formula is C34H25Cl2F3N4O3. The highest BCUT2D eigenvalue weighted by atomic mass is 35.5. The largest absolute Gasteiger partial charge is 0.480 e. The van der Waals surface area contributed by atoms with E-state index >= 15 is 0 Å². The predicted molar refractivity (Wildman–Crippen MR) is 174 cm³/mol. The molecule has 1 aromatic heterocycles. The fourth-order valence-corrected chi connectivity index (χ4v) is 5.08. The normalized spacial score (nSPS) is 11.5. The Hall–Kier alpha value is -5.06. The topological polar surface area (TPSA) is 96.3 Å². The molecule has 0 spiro atoms. The third kappa shape index (κ3) is 8.35. The number of imidazole rings is 1. The Kier molecular flexibility index (Phi) is 9.79. The van der Waals surface area contributed by atoms with Crippen LogP contribution < -0.4 is 10.6 Å². The quantitative estimate of drug-likeness (QED) is 0.147. The Labute approximate surface area is 271 Å². The van der Waals surface area contributed by atoms with Gasteiger partial charge in [0.05, 0.1) is 16.3 Å². The van der Waals surface area contributed by atoms with Crippen molar-refractivity contribution in [1.29, 1.82) is 0 Å². The summed E-state index contributed by atoms with van der Waals surface area (Å²) in [6.45, 7) is -0.0847. The minimum atomic E-state index is -4.42. The number of amides is 2. The molecule has 0 aliphatic heterocycles. The standard InChI is InChI=1S/C34H25Cl2F3N4O3/c35-26-11-14-28(29(36)17-26)30-20-43(19-22-6-12-27(13-7-22)41-33(46)40-18-32(44)45)31(42-30)15-8-21-4-9-23(10-5-21)24-2-1-3-25(16-24)34(37,38)39/h1-17,20H,18-19H2,(H,44,45)(H2,40,41,46)/b15-8+. The van der Waals surface area contributed by atoms with Crippen molar-refractivity contribution < 1.29 is 27.9 Å². The number of hydrogen-bond donors (Lipinski definition) is 3. The van der Waals surface area contributed by atoms with E-state index in [0.29, 0.717) is 50.5 Å². The van der Waals surface area contributed by atoms with Gasteiger partial charge in [-0.3, -0.25) is 4.79 Å². The van der Waals surface area contributed by atoms with Crippen molar-refractivity contribution in [2.45, 2.75) is 12.7 Å². The van der Waals surface area contributed by atoms with Crippen LogP contribution in [-0.2, 0) is 17.5 Å². The van der Waals surface area contributed by atoms with Crippen molar-refractivity contribution in [3.8, 4) is 22.4 Å². The SMILES string of the molecule is O=C(O)CNC(=O)Nc1ccc(Cn2cc(-c3ccc(Cl)cc3Cl)nc2/C=C/c2ccc(-c3cccc(C(F)(F)F)c3)cc2)cc1. The van der Waals surface area contributed by atoms with Crippen LogP contribution in [0.3, 0.4) is 0 Å². The maximum absolute atomic E-state index is 13.2. The second-order valence-corrected chi connectivity index (χ2v) is 11.0. The molecule has 2 amide bonds. The number of nitrogens with zero attached hydrogens (tertiary/aromatic N) is 2. The van der Waals surface area contributed by atoms with Gasteiger partial charge in [0.2, 0.25) is 0 Å². The zero-order valence-corrected chi connectivity index (χ0v) is 25.4. The van der Waals surface area contributed by atoms with Crippen LogP contribution in [0, 0.1) is 0 Å². The van der Waals surface area contributed by atoms with Crippen molar-refractivity contribution >= 4 is 53.0 Å². The third-order valence-electron chi connectivity index (χ3n) is 6.84. The minimum absolute atomic E-state index is 0.415. The molecule has 234 valence electrons. The molecule has 46 heavy (non-hydrogen) atoms. The van der Waals surface area contributed by atoms with E-state index in [-0.39, 0.29) is 0 Å². The van der Waals surface area contributed by atoms with Crippen molar-refractivity contribution in [3.63, 3.8) is 0 Å². The molecule has 4 aromatic carbocycles. The summed E-state index contributed by atoms with van der Waals surface area (Å²) < 4.78 is 41.5. The van der Waals surface area contributed by atoms with Gasteiger partial charge >= 0.3 is 18.2 Å². The van der Waals surface area contributed by atoms with Gasteiger partial charge in [0.1, 0.15) is 12.4 Å². The molecular weight excluding hydrogens is 640 g/mol. The number of carboxylic acids is 1. The van der Waals surface area contributed by atoms with Gasteiger partial charge in [0.25, 0.3) is 0 Å². The number of anilines is 1. The lowest BCUT2D eigenvalue weighted by atomic mass is 10.0. The van der Waals surface area contributed by atoms with E-state index in [2.05, 4.69) is 10.6 Å². The van der Waals surface area contributed by atoms with Crippen LogP contribution in [0.2, 0.25) is 10.0 Å². The first-order valence-electron chi connectivity index (χ1n) is 13.8. The van der Waals surface area contributed by atoms with E-state index in [9.17, 15) is 22.8 Å². The van der Waals surface area contributed by atoms with E-state index in [1.165, 1.54) is 6.07 Å². The smallest absolute Gasteiger partial charge is 0.416 e. The first-order chi connectivity index (χ1) is 21.9. The summed E-state index contributed by atoms with van der Waals surface area (Å²) in [4.78, 5) is 27.3. The van der Waals surface area contributed by atoms with Crippen molar-refractivity contribution in [1.82, 2.24) is 14.9 Å². The van der Waals surface area contributed by atoms with Gasteiger partial charge < -0.3 is 20.3 Å². The van der Waals surface area contributed by atoms with E-state index in [0.717, 1.165) is 23.3 Å². The van der Waals surface area contributed by atoms with E-state index < -0.39 is 30.3 Å². The zero-order chi connectivity index (χ0) is 32.8. The third-order valence-corrected chi connectivity index (χ3v) is 7.39. The van der Waals surface area contributed by atoms with Crippen LogP contribution in [-0.4, -0.2) is 33.2 Å². The highest BCUT2D eigenvalue weighted by Gasteiger charge is 2.30. The van der Waals surface area contributed by atoms with Crippen LogP contribution in [0.4, 0.5) is 23.7 Å². The monoisotopic (exact) mass is 664 g/mol. The van der Waals surface area contributed by atoms with Gasteiger partial charge in [-0.2, -0.15) is 13.2 Å². The number of hydrogen-bond acceptors (Lipinski definition) is 3. The molecule has 12 heteroatoms. The second kappa shape index (κ2) is 13.9. The summed E-state index contributed by atoms with van der Waals surface area (Å²) >= 11 is 12.6. The summed E-state index contributed by atoms with van der Waals surface area (Å²) in [5.41, 5.74) is 3.92. The van der Waals surface area contributed by atoms with Crippen LogP contribution >= 0.6 is 23.2 Å². The molecule has 5 aromatic rings. The summed E-state index contributed by atoms with van der Waals surface area (Å²) in [6.07, 6.45) is 1.12. The molecule has 7 nitrogen and oxygen atoms in total. The number of aromatic nitrogens is 2. The molecule has 0 unspecified atom stereocenters. The second-order valence-electron chi connectivity index (χ2n) is 10.2. The number of halogens is 5. The molecule has 3 N–H and O–H groups in total. The molecule has 0 atom stereocenters. The first-order valence-corrected chi connectivity index (χ1v) is 14.5. The molecule has 0 bridgehead atoms. The number of aliphatic carboxylic acids is 1. The molecule has 1 heterocycles. The molecule has 0 fully saturated rings. The summed E-state index contributed by atoms with van der Waals surface area (Å²) in [6, 6.07) is 23.9. The lowest BCUT2D eigenvalue weighted by molar-refractivity contribution is -0.137. The Morgan fingerprint density at radius 1 is 0.891 bits per heavy atom. The number of nitrogens with one attached hydrogen (secondary N) is 2. The number of benzene rings is 4. The molecule has 5 rings (SSSR count). The van der Waals surface area contributed by atoms with E-state index in [1.54, 1.807) is 48.5 Å². The number of alkyl halides is 3. The Morgan fingerprint density at radius 2 is 1.63 bits per heavy atom. The van der Waals surface area contributed by atoms with Gasteiger partial charge in [-0.25, -0.2) is 9.78 Å². The first kappa shape index (κ1) is 32.3. The Bertz CT molecular complexity index is 1900. The van der Waals surface area contributed by atoms with Crippen molar-refractivity contribution in [2.75, 3.05) is 11.9 Å². The lowest BCUT2D eigenvalue weighted by Gasteiger charge is -2.09. The molecule has 0 saturated carbocycles. The zero-order valence-electron chi connectivity index (χ0n) is 23.9. The van der Waals surface area contributed by atoms with E-state index in [4.69, 9.17) is 33.3 Å². The van der Waals surface area contributed by atoms with Gasteiger partial charge in [-0.05, 0) is 70.8 Å². The average Bonchev–Trinajstić information content (AvgIpc) is 3.41. The predicted octanol–water partition coefficient (Wildman–Crippen LogP) is 8.97.